The van der Waals surface area contributed by atoms with Crippen molar-refractivity contribution in [2.45, 2.75) is 26.8 Å². The lowest BCUT2D eigenvalue weighted by Gasteiger charge is -2.16. The molecule has 0 heterocycles. The lowest BCUT2D eigenvalue weighted by molar-refractivity contribution is 0.110. The van der Waals surface area contributed by atoms with Crippen molar-refractivity contribution in [2.75, 3.05) is 47.6 Å². The van der Waals surface area contributed by atoms with Crippen LogP contribution >= 0.6 is 24.0 Å². The fourth-order valence-corrected chi connectivity index (χ4v) is 3.06. The van der Waals surface area contributed by atoms with Gasteiger partial charge in [-0.1, -0.05) is 18.2 Å². The molecule has 0 saturated carbocycles. The molecule has 0 aliphatic rings. The molecule has 2 aromatic carbocycles. The molecule has 2 N–H and O–H groups in total. The first kappa shape index (κ1) is 27.8. The highest BCUT2D eigenvalue weighted by molar-refractivity contribution is 14.0. The fourth-order valence-electron chi connectivity index (χ4n) is 3.06. The summed E-state index contributed by atoms with van der Waals surface area (Å²) in [6.07, 6.45) is 0.831. The van der Waals surface area contributed by atoms with Gasteiger partial charge in [0.25, 0.3) is 0 Å². The number of benzene rings is 2. The Morgan fingerprint density at radius 3 is 2.41 bits per heavy atom. The molecule has 178 valence electrons. The Morgan fingerprint density at radius 1 is 0.938 bits per heavy atom. The van der Waals surface area contributed by atoms with Crippen molar-refractivity contribution in [3.8, 4) is 17.2 Å². The Balaban J connectivity index is 0.00000512. The van der Waals surface area contributed by atoms with Crippen molar-refractivity contribution in [2.24, 2.45) is 4.99 Å². The molecule has 0 aromatic heterocycles. The van der Waals surface area contributed by atoms with E-state index in [1.54, 1.807) is 21.3 Å². The number of rotatable bonds is 12. The Bertz CT molecular complexity index is 846. The molecule has 0 amide bonds. The minimum absolute atomic E-state index is 0. The molecule has 0 spiro atoms. The van der Waals surface area contributed by atoms with E-state index in [9.17, 15) is 0 Å². The molecule has 0 atom stereocenters. The van der Waals surface area contributed by atoms with Gasteiger partial charge in [0.15, 0.2) is 17.5 Å². The predicted molar refractivity (Wildman–Crippen MR) is 140 cm³/mol. The van der Waals surface area contributed by atoms with Crippen LogP contribution in [0, 0.1) is 6.92 Å². The topological polar surface area (TPSA) is 73.3 Å². The summed E-state index contributed by atoms with van der Waals surface area (Å²) in [7, 11) is 5.05. The molecule has 0 radical (unpaired) electrons. The zero-order valence-electron chi connectivity index (χ0n) is 19.7. The Hall–Kier alpha value is -2.20. The van der Waals surface area contributed by atoms with Crippen LogP contribution in [0.2, 0.25) is 0 Å². The molecule has 0 fully saturated rings. The van der Waals surface area contributed by atoms with E-state index in [1.165, 1.54) is 0 Å². The summed E-state index contributed by atoms with van der Waals surface area (Å²) in [5.74, 6) is 3.07. The van der Waals surface area contributed by atoms with E-state index >= 15 is 0 Å². The normalized spacial score (nSPS) is 10.8. The van der Waals surface area contributed by atoms with Gasteiger partial charge in [-0.2, -0.15) is 0 Å². The summed E-state index contributed by atoms with van der Waals surface area (Å²) in [6.45, 7) is 7.18. The molecule has 7 nitrogen and oxygen atoms in total. The van der Waals surface area contributed by atoms with Crippen LogP contribution in [0.3, 0.4) is 0 Å². The second-order valence-electron chi connectivity index (χ2n) is 6.95. The number of methoxy groups -OCH3 is 2. The van der Waals surface area contributed by atoms with Crippen molar-refractivity contribution in [3.05, 3.63) is 53.1 Å². The molecule has 0 unspecified atom stereocenters. The van der Waals surface area contributed by atoms with E-state index in [2.05, 4.69) is 40.7 Å². The molecule has 2 rings (SSSR count). The molecule has 0 bridgehead atoms. The lowest BCUT2D eigenvalue weighted by atomic mass is 10.1. The first-order valence-corrected chi connectivity index (χ1v) is 10.6. The summed E-state index contributed by atoms with van der Waals surface area (Å²) < 4.78 is 21.9. The van der Waals surface area contributed by atoms with Gasteiger partial charge in [0.2, 0.25) is 0 Å². The minimum Gasteiger partial charge on any atom is -0.493 e. The van der Waals surface area contributed by atoms with Gasteiger partial charge >= 0.3 is 0 Å². The molecule has 32 heavy (non-hydrogen) atoms. The summed E-state index contributed by atoms with van der Waals surface area (Å²) in [4.78, 5) is 4.32. The van der Waals surface area contributed by atoms with Crippen molar-refractivity contribution in [1.29, 1.82) is 0 Å². The number of aliphatic imine (C=N–C) groups is 1. The van der Waals surface area contributed by atoms with E-state index in [4.69, 9.17) is 18.9 Å². The highest BCUT2D eigenvalue weighted by Gasteiger charge is 2.07. The SMILES string of the molecule is CCOCCOc1cc(C)ccc1CNC(=NC)NCCc1ccc(OC)c(OC)c1.I. The summed E-state index contributed by atoms with van der Waals surface area (Å²) >= 11 is 0. The van der Waals surface area contributed by atoms with Gasteiger partial charge in [0.1, 0.15) is 12.4 Å². The van der Waals surface area contributed by atoms with Crippen molar-refractivity contribution < 1.29 is 18.9 Å². The van der Waals surface area contributed by atoms with Gasteiger partial charge in [-0.05, 0) is 49.6 Å². The highest BCUT2D eigenvalue weighted by atomic mass is 127. The molecule has 0 saturated heterocycles. The zero-order valence-corrected chi connectivity index (χ0v) is 22.0. The number of halogens is 1. The van der Waals surface area contributed by atoms with Crippen molar-refractivity contribution >= 4 is 29.9 Å². The van der Waals surface area contributed by atoms with Crippen molar-refractivity contribution in [3.63, 3.8) is 0 Å². The molecule has 2 aromatic rings. The number of hydrogen-bond donors (Lipinski definition) is 2. The second kappa shape index (κ2) is 15.6. The third-order valence-electron chi connectivity index (χ3n) is 4.74. The van der Waals surface area contributed by atoms with E-state index in [-0.39, 0.29) is 24.0 Å². The van der Waals surface area contributed by atoms with Gasteiger partial charge in [-0.3, -0.25) is 4.99 Å². The first-order chi connectivity index (χ1) is 15.1. The third-order valence-corrected chi connectivity index (χ3v) is 4.74. The first-order valence-electron chi connectivity index (χ1n) is 10.6. The van der Waals surface area contributed by atoms with E-state index in [0.717, 1.165) is 52.9 Å². The number of nitrogens with zero attached hydrogens (tertiary/aromatic N) is 1. The molecular weight excluding hydrogens is 521 g/mol. The minimum atomic E-state index is 0. The highest BCUT2D eigenvalue weighted by Crippen LogP contribution is 2.27. The number of nitrogens with one attached hydrogen (secondary N) is 2. The van der Waals surface area contributed by atoms with Gasteiger partial charge in [-0.25, -0.2) is 0 Å². The number of aryl methyl sites for hydroxylation is 1. The summed E-state index contributed by atoms with van der Waals surface area (Å²) in [5.41, 5.74) is 3.39. The van der Waals surface area contributed by atoms with Crippen molar-refractivity contribution in [1.82, 2.24) is 10.6 Å². The van der Waals surface area contributed by atoms with Crippen LogP contribution in [0.5, 0.6) is 17.2 Å². The molecular formula is C24H36IN3O4. The maximum atomic E-state index is 5.92. The molecule has 8 heteroatoms. The van der Waals surface area contributed by atoms with Crippen LogP contribution in [-0.4, -0.2) is 53.6 Å². The number of ether oxygens (including phenoxy) is 4. The average molecular weight is 557 g/mol. The van der Waals surface area contributed by atoms with Crippen LogP contribution in [0.4, 0.5) is 0 Å². The quantitative estimate of drug-likeness (QED) is 0.178. The molecule has 0 aliphatic heterocycles. The van der Waals surface area contributed by atoms with Gasteiger partial charge < -0.3 is 29.6 Å². The van der Waals surface area contributed by atoms with Crippen LogP contribution < -0.4 is 24.8 Å². The van der Waals surface area contributed by atoms with Gasteiger partial charge in [0, 0.05) is 32.3 Å². The Labute approximate surface area is 208 Å². The van der Waals surface area contributed by atoms with Crippen LogP contribution in [0.15, 0.2) is 41.4 Å². The lowest BCUT2D eigenvalue weighted by Crippen LogP contribution is -2.38. The van der Waals surface area contributed by atoms with E-state index < -0.39 is 0 Å². The Kier molecular flexibility index (Phi) is 13.5. The maximum Gasteiger partial charge on any atom is 0.191 e. The van der Waals surface area contributed by atoms with Gasteiger partial charge in [-0.15, -0.1) is 24.0 Å². The second-order valence-corrected chi connectivity index (χ2v) is 6.95. The van der Waals surface area contributed by atoms with E-state index in [1.807, 2.05) is 25.1 Å². The average Bonchev–Trinajstić information content (AvgIpc) is 2.79. The fraction of sp³-hybridized carbons (Fsp3) is 0.458. The van der Waals surface area contributed by atoms with E-state index in [0.29, 0.717) is 26.4 Å². The van der Waals surface area contributed by atoms with Crippen LogP contribution in [-0.2, 0) is 17.7 Å². The largest absolute Gasteiger partial charge is 0.493 e. The van der Waals surface area contributed by atoms with Gasteiger partial charge in [0.05, 0.1) is 20.8 Å². The standard InChI is InChI=1S/C24H35N3O4.HI/c1-6-30-13-14-31-22-15-18(2)7-9-20(22)17-27-24(25-3)26-12-11-19-8-10-21(28-4)23(16-19)29-5;/h7-10,15-16H,6,11-14,17H2,1-5H3,(H2,25,26,27);1H. The van der Waals surface area contributed by atoms with Crippen LogP contribution in [0.25, 0.3) is 0 Å². The summed E-state index contributed by atoms with van der Waals surface area (Å²) in [5, 5.41) is 6.71. The predicted octanol–water partition coefficient (Wildman–Crippen LogP) is 3.95. The maximum absolute atomic E-state index is 5.92. The number of guanidine groups is 1. The van der Waals surface area contributed by atoms with Crippen LogP contribution in [0.1, 0.15) is 23.6 Å². The zero-order chi connectivity index (χ0) is 22.5. The molecule has 0 aliphatic carbocycles. The third kappa shape index (κ3) is 9.12. The number of hydrogen-bond acceptors (Lipinski definition) is 5. The Morgan fingerprint density at radius 2 is 1.72 bits per heavy atom. The smallest absolute Gasteiger partial charge is 0.191 e. The summed E-state index contributed by atoms with van der Waals surface area (Å²) in [6, 6.07) is 12.2. The monoisotopic (exact) mass is 557 g/mol.